The molecule has 0 bridgehead atoms. The van der Waals surface area contributed by atoms with Crippen LogP contribution in [0, 0.1) is 0 Å². The van der Waals surface area contributed by atoms with Crippen molar-refractivity contribution in [1.82, 2.24) is 9.55 Å². The maximum absolute atomic E-state index is 12.5. The predicted molar refractivity (Wildman–Crippen MR) is 104 cm³/mol. The number of anilines is 1. The van der Waals surface area contributed by atoms with Crippen LogP contribution in [-0.2, 0) is 21.2 Å². The number of nitrogens with zero attached hydrogens (tertiary/aromatic N) is 2. The van der Waals surface area contributed by atoms with E-state index in [4.69, 9.17) is 23.2 Å². The number of carbonyl (C=O) groups is 1. The number of hydrogen-bond acceptors (Lipinski definition) is 5. The van der Waals surface area contributed by atoms with Gasteiger partial charge in [-0.25, -0.2) is 13.4 Å². The molecule has 29 heavy (non-hydrogen) atoms. The monoisotopic (exact) mass is 461 g/mol. The lowest BCUT2D eigenvalue weighted by atomic mass is 10.2. The highest BCUT2D eigenvalue weighted by Crippen LogP contribution is 2.24. The van der Waals surface area contributed by atoms with Gasteiger partial charge in [-0.15, -0.1) is 0 Å². The second-order valence-electron chi connectivity index (χ2n) is 5.84. The molecule has 3 aromatic rings. The summed E-state index contributed by atoms with van der Waals surface area (Å²) in [5.41, 5.74) is -0.127. The number of carbonyl (C=O) groups excluding carboxylic acids is 1. The molecule has 0 aliphatic rings. The standard InChI is InChI=1S/C17H11Cl2F2N3O4S/c18-9-5-12-15(13(19)6-9)22-8-24(16(12)26)7-14(25)23-10-1-3-11(4-2-10)29(27,28)17(20)21/h1-6,8,17H,7H2,(H,23,25). The third-order valence-electron chi connectivity index (χ3n) is 3.86. The summed E-state index contributed by atoms with van der Waals surface area (Å²) in [7, 11) is -4.73. The number of sulfone groups is 1. The average molecular weight is 462 g/mol. The van der Waals surface area contributed by atoms with E-state index >= 15 is 0 Å². The van der Waals surface area contributed by atoms with Crippen molar-refractivity contribution in [1.29, 1.82) is 0 Å². The highest BCUT2D eigenvalue weighted by Gasteiger charge is 2.26. The smallest absolute Gasteiger partial charge is 0.325 e. The minimum absolute atomic E-state index is 0.138. The van der Waals surface area contributed by atoms with E-state index in [1.807, 2.05) is 0 Å². The number of halogens is 4. The molecule has 0 saturated carbocycles. The van der Waals surface area contributed by atoms with Gasteiger partial charge in [-0.2, -0.15) is 8.78 Å². The molecule has 3 rings (SSSR count). The van der Waals surface area contributed by atoms with E-state index in [0.717, 1.165) is 35.2 Å². The molecule has 12 heteroatoms. The van der Waals surface area contributed by atoms with Crippen LogP contribution in [-0.4, -0.2) is 29.6 Å². The maximum Gasteiger partial charge on any atom is 0.341 e. The van der Waals surface area contributed by atoms with Crippen molar-refractivity contribution >= 4 is 55.5 Å². The fourth-order valence-corrected chi connectivity index (χ4v) is 3.76. The van der Waals surface area contributed by atoms with Crippen LogP contribution in [0.4, 0.5) is 14.5 Å². The van der Waals surface area contributed by atoms with Gasteiger partial charge in [-0.05, 0) is 36.4 Å². The summed E-state index contributed by atoms with van der Waals surface area (Å²) < 4.78 is 48.9. The molecule has 1 heterocycles. The zero-order valence-corrected chi connectivity index (χ0v) is 16.6. The van der Waals surface area contributed by atoms with Crippen molar-refractivity contribution < 1.29 is 22.0 Å². The summed E-state index contributed by atoms with van der Waals surface area (Å²) in [6.07, 6.45) is 1.16. The lowest BCUT2D eigenvalue weighted by Gasteiger charge is -2.09. The lowest BCUT2D eigenvalue weighted by molar-refractivity contribution is -0.116. The van der Waals surface area contributed by atoms with Gasteiger partial charge in [0.1, 0.15) is 6.54 Å². The molecule has 1 amide bonds. The molecule has 152 valence electrons. The van der Waals surface area contributed by atoms with Crippen molar-refractivity contribution in [3.8, 4) is 0 Å². The normalized spacial score (nSPS) is 11.8. The van der Waals surface area contributed by atoms with E-state index < -0.39 is 38.5 Å². The molecule has 0 spiro atoms. The number of rotatable bonds is 5. The molecule has 0 unspecified atom stereocenters. The first kappa shape index (κ1) is 21.2. The third kappa shape index (κ3) is 4.39. The quantitative estimate of drug-likeness (QED) is 0.628. The first-order chi connectivity index (χ1) is 13.6. The van der Waals surface area contributed by atoms with E-state index in [2.05, 4.69) is 10.3 Å². The van der Waals surface area contributed by atoms with Crippen molar-refractivity contribution in [3.63, 3.8) is 0 Å². The fourth-order valence-electron chi connectivity index (χ4n) is 2.49. The molecule has 0 saturated heterocycles. The SMILES string of the molecule is O=C(Cn1cnc2c(Cl)cc(Cl)cc2c1=O)Nc1ccc(S(=O)(=O)C(F)F)cc1. The Bertz CT molecular complexity index is 1260. The average Bonchev–Trinajstić information content (AvgIpc) is 2.64. The van der Waals surface area contributed by atoms with Gasteiger partial charge in [-0.1, -0.05) is 23.2 Å². The Labute approximate surface area is 172 Å². The number of fused-ring (bicyclic) bond motifs is 1. The van der Waals surface area contributed by atoms with Crippen LogP contribution in [0.3, 0.4) is 0 Å². The molecule has 0 radical (unpaired) electrons. The van der Waals surface area contributed by atoms with Crippen LogP contribution in [0.5, 0.6) is 0 Å². The summed E-state index contributed by atoms with van der Waals surface area (Å²) >= 11 is 11.9. The van der Waals surface area contributed by atoms with E-state index in [-0.39, 0.29) is 26.6 Å². The fraction of sp³-hybridized carbons (Fsp3) is 0.118. The Morgan fingerprint density at radius 2 is 1.83 bits per heavy atom. The van der Waals surface area contributed by atoms with Gasteiger partial charge < -0.3 is 5.32 Å². The molecule has 1 N–H and O–H groups in total. The van der Waals surface area contributed by atoms with Gasteiger partial charge in [0.15, 0.2) is 0 Å². The maximum atomic E-state index is 12.5. The summed E-state index contributed by atoms with van der Waals surface area (Å²) in [4.78, 5) is 28.2. The predicted octanol–water partition coefficient (Wildman–Crippen LogP) is 3.34. The highest BCUT2D eigenvalue weighted by atomic mass is 35.5. The Hall–Kier alpha value is -2.56. The lowest BCUT2D eigenvalue weighted by Crippen LogP contribution is -2.28. The van der Waals surface area contributed by atoms with Crippen LogP contribution in [0.1, 0.15) is 0 Å². The van der Waals surface area contributed by atoms with Gasteiger partial charge in [0.2, 0.25) is 15.7 Å². The van der Waals surface area contributed by atoms with Crippen molar-refractivity contribution in [2.24, 2.45) is 0 Å². The molecule has 1 aromatic heterocycles. The minimum Gasteiger partial charge on any atom is -0.325 e. The molecule has 0 fully saturated rings. The van der Waals surface area contributed by atoms with Crippen LogP contribution in [0.25, 0.3) is 10.9 Å². The molecular weight excluding hydrogens is 451 g/mol. The van der Waals surface area contributed by atoms with E-state index in [0.29, 0.717) is 0 Å². The topological polar surface area (TPSA) is 98.1 Å². The van der Waals surface area contributed by atoms with Crippen molar-refractivity contribution in [3.05, 3.63) is 63.1 Å². The molecule has 0 aliphatic heterocycles. The summed E-state index contributed by atoms with van der Waals surface area (Å²) in [6.45, 7) is -0.400. The third-order valence-corrected chi connectivity index (χ3v) is 5.77. The number of alkyl halides is 2. The molecule has 0 aliphatic carbocycles. The van der Waals surface area contributed by atoms with Crippen LogP contribution >= 0.6 is 23.2 Å². The second-order valence-corrected chi connectivity index (χ2v) is 8.60. The van der Waals surface area contributed by atoms with Gasteiger partial charge in [-0.3, -0.25) is 14.2 Å². The Balaban J connectivity index is 1.79. The highest BCUT2D eigenvalue weighted by molar-refractivity contribution is 7.91. The number of benzene rings is 2. The summed E-state index contributed by atoms with van der Waals surface area (Å²) in [6, 6.07) is 7.04. The largest absolute Gasteiger partial charge is 0.341 e. The summed E-state index contributed by atoms with van der Waals surface area (Å²) in [5, 5.41) is 3.01. The second kappa shape index (κ2) is 8.05. The summed E-state index contributed by atoms with van der Waals surface area (Å²) in [5.74, 6) is -4.16. The Kier molecular flexibility index (Phi) is 5.87. The van der Waals surface area contributed by atoms with Crippen molar-refractivity contribution in [2.45, 2.75) is 17.2 Å². The van der Waals surface area contributed by atoms with Crippen LogP contribution in [0.2, 0.25) is 10.0 Å². The van der Waals surface area contributed by atoms with Gasteiger partial charge in [0.25, 0.3) is 5.56 Å². The van der Waals surface area contributed by atoms with Crippen LogP contribution < -0.4 is 10.9 Å². The van der Waals surface area contributed by atoms with E-state index in [1.54, 1.807) is 0 Å². The first-order valence-electron chi connectivity index (χ1n) is 7.86. The van der Waals surface area contributed by atoms with Gasteiger partial charge >= 0.3 is 5.76 Å². The molecule has 7 nitrogen and oxygen atoms in total. The van der Waals surface area contributed by atoms with Gasteiger partial charge in [0.05, 0.1) is 27.1 Å². The molecule has 2 aromatic carbocycles. The number of aromatic nitrogens is 2. The number of amides is 1. The van der Waals surface area contributed by atoms with Gasteiger partial charge in [0, 0.05) is 10.7 Å². The number of nitrogens with one attached hydrogen (secondary N) is 1. The van der Waals surface area contributed by atoms with E-state index in [1.165, 1.54) is 12.1 Å². The molecule has 0 atom stereocenters. The molecular formula is C17H11Cl2F2N3O4S. The first-order valence-corrected chi connectivity index (χ1v) is 10.2. The number of hydrogen-bond donors (Lipinski definition) is 1. The van der Waals surface area contributed by atoms with E-state index in [9.17, 15) is 26.8 Å². The zero-order chi connectivity index (χ0) is 21.3. The Morgan fingerprint density at radius 1 is 1.17 bits per heavy atom. The minimum atomic E-state index is -4.73. The zero-order valence-electron chi connectivity index (χ0n) is 14.3. The Morgan fingerprint density at radius 3 is 2.45 bits per heavy atom. The van der Waals surface area contributed by atoms with Crippen molar-refractivity contribution in [2.75, 3.05) is 5.32 Å². The van der Waals surface area contributed by atoms with Crippen LogP contribution in [0.15, 0.2) is 52.4 Å².